The number of carbonyl (C=O) groups excluding carboxylic acids is 1. The van der Waals surface area contributed by atoms with Crippen molar-refractivity contribution in [2.75, 3.05) is 0 Å². The molecule has 2 fully saturated rings. The fourth-order valence-corrected chi connectivity index (χ4v) is 3.07. The van der Waals surface area contributed by atoms with Crippen LogP contribution in [0.5, 0.6) is 0 Å². The SMILES string of the molecule is CC1(C)C[C@H](N)[C@H]2CCC(=O)N[C@@H]2C1. The van der Waals surface area contributed by atoms with Gasteiger partial charge in [0.25, 0.3) is 0 Å². The van der Waals surface area contributed by atoms with E-state index in [0.29, 0.717) is 18.4 Å². The van der Waals surface area contributed by atoms with Crippen molar-refractivity contribution in [3.63, 3.8) is 0 Å². The maximum absolute atomic E-state index is 11.3. The van der Waals surface area contributed by atoms with Gasteiger partial charge in [-0.15, -0.1) is 0 Å². The average molecular weight is 196 g/mol. The Labute approximate surface area is 85.4 Å². The highest BCUT2D eigenvalue weighted by Crippen LogP contribution is 2.40. The van der Waals surface area contributed by atoms with Crippen molar-refractivity contribution >= 4 is 5.91 Å². The lowest BCUT2D eigenvalue weighted by Gasteiger charge is -2.46. The van der Waals surface area contributed by atoms with E-state index in [4.69, 9.17) is 5.73 Å². The van der Waals surface area contributed by atoms with E-state index >= 15 is 0 Å². The lowest BCUT2D eigenvalue weighted by molar-refractivity contribution is -0.125. The summed E-state index contributed by atoms with van der Waals surface area (Å²) < 4.78 is 0. The number of nitrogens with two attached hydrogens (primary N) is 1. The highest BCUT2D eigenvalue weighted by molar-refractivity contribution is 5.77. The van der Waals surface area contributed by atoms with Gasteiger partial charge in [0.2, 0.25) is 5.91 Å². The van der Waals surface area contributed by atoms with Crippen molar-refractivity contribution in [1.29, 1.82) is 0 Å². The van der Waals surface area contributed by atoms with Crippen molar-refractivity contribution in [2.45, 2.75) is 51.6 Å². The van der Waals surface area contributed by atoms with Crippen LogP contribution in [0, 0.1) is 11.3 Å². The van der Waals surface area contributed by atoms with E-state index in [1.54, 1.807) is 0 Å². The molecule has 0 bridgehead atoms. The van der Waals surface area contributed by atoms with Gasteiger partial charge in [0.15, 0.2) is 0 Å². The van der Waals surface area contributed by atoms with Crippen molar-refractivity contribution in [2.24, 2.45) is 17.1 Å². The Kier molecular flexibility index (Phi) is 2.30. The normalized spacial score (nSPS) is 41.4. The molecule has 1 aliphatic heterocycles. The van der Waals surface area contributed by atoms with Crippen LogP contribution in [-0.2, 0) is 4.79 Å². The maximum Gasteiger partial charge on any atom is 0.220 e. The first-order chi connectivity index (χ1) is 6.48. The molecule has 3 N–H and O–H groups in total. The van der Waals surface area contributed by atoms with Crippen LogP contribution in [0.1, 0.15) is 39.5 Å². The topological polar surface area (TPSA) is 55.1 Å². The Balaban J connectivity index is 2.11. The zero-order valence-corrected chi connectivity index (χ0v) is 9.05. The number of hydrogen-bond donors (Lipinski definition) is 2. The molecular weight excluding hydrogens is 176 g/mol. The van der Waals surface area contributed by atoms with Crippen LogP contribution in [0.25, 0.3) is 0 Å². The summed E-state index contributed by atoms with van der Waals surface area (Å²) in [6, 6.07) is 0.597. The first-order valence-corrected chi connectivity index (χ1v) is 5.53. The minimum absolute atomic E-state index is 0.205. The standard InChI is InChI=1S/C11H20N2O/c1-11(2)5-8(12)7-3-4-10(14)13-9(7)6-11/h7-9H,3-6,12H2,1-2H3,(H,13,14)/t7-,8+,9-/m1/s1. The molecule has 0 spiro atoms. The highest BCUT2D eigenvalue weighted by atomic mass is 16.1. The number of piperidine rings is 1. The molecule has 3 nitrogen and oxygen atoms in total. The number of rotatable bonds is 0. The molecule has 80 valence electrons. The van der Waals surface area contributed by atoms with Crippen LogP contribution in [0.2, 0.25) is 0 Å². The van der Waals surface area contributed by atoms with Crippen molar-refractivity contribution in [3.8, 4) is 0 Å². The third-order valence-corrected chi connectivity index (χ3v) is 3.68. The molecule has 2 rings (SSSR count). The van der Waals surface area contributed by atoms with Crippen LogP contribution >= 0.6 is 0 Å². The smallest absolute Gasteiger partial charge is 0.220 e. The summed E-state index contributed by atoms with van der Waals surface area (Å²) in [5.41, 5.74) is 6.44. The average Bonchev–Trinajstić information content (AvgIpc) is 2.00. The Bertz CT molecular complexity index is 250. The Hall–Kier alpha value is -0.570. The van der Waals surface area contributed by atoms with E-state index in [2.05, 4.69) is 19.2 Å². The molecule has 2 aliphatic rings. The molecule has 0 aromatic carbocycles. The quantitative estimate of drug-likeness (QED) is 0.608. The van der Waals surface area contributed by atoms with Gasteiger partial charge in [-0.2, -0.15) is 0 Å². The third-order valence-electron chi connectivity index (χ3n) is 3.68. The van der Waals surface area contributed by atoms with Crippen molar-refractivity contribution < 1.29 is 4.79 Å². The summed E-state index contributed by atoms with van der Waals surface area (Å²) in [6.45, 7) is 4.48. The van der Waals surface area contributed by atoms with Gasteiger partial charge in [0, 0.05) is 18.5 Å². The van der Waals surface area contributed by atoms with Crippen LogP contribution in [0.15, 0.2) is 0 Å². The van der Waals surface area contributed by atoms with Gasteiger partial charge >= 0.3 is 0 Å². The molecule has 0 aromatic rings. The summed E-state index contributed by atoms with van der Waals surface area (Å²) in [7, 11) is 0. The molecule has 0 radical (unpaired) electrons. The number of hydrogen-bond acceptors (Lipinski definition) is 2. The van der Waals surface area contributed by atoms with E-state index in [1.807, 2.05) is 0 Å². The lowest BCUT2D eigenvalue weighted by Crippen LogP contribution is -2.57. The Morgan fingerprint density at radius 1 is 1.43 bits per heavy atom. The Morgan fingerprint density at radius 3 is 2.86 bits per heavy atom. The molecule has 1 heterocycles. The summed E-state index contributed by atoms with van der Waals surface area (Å²) in [5.74, 6) is 0.719. The molecule has 0 aromatic heterocycles. The van der Waals surface area contributed by atoms with Gasteiger partial charge in [-0.1, -0.05) is 13.8 Å². The fourth-order valence-electron chi connectivity index (χ4n) is 3.07. The van der Waals surface area contributed by atoms with E-state index in [1.165, 1.54) is 0 Å². The number of nitrogens with one attached hydrogen (secondary N) is 1. The second-order valence-corrected chi connectivity index (χ2v) is 5.61. The molecule has 1 saturated carbocycles. The van der Waals surface area contributed by atoms with E-state index in [9.17, 15) is 4.79 Å². The molecule has 3 heteroatoms. The molecule has 1 aliphatic carbocycles. The van der Waals surface area contributed by atoms with Gasteiger partial charge in [-0.05, 0) is 30.6 Å². The molecule has 1 amide bonds. The third kappa shape index (κ3) is 1.78. The molecule has 14 heavy (non-hydrogen) atoms. The summed E-state index contributed by atoms with van der Waals surface area (Å²) in [4.78, 5) is 11.3. The minimum Gasteiger partial charge on any atom is -0.353 e. The zero-order chi connectivity index (χ0) is 10.3. The van der Waals surface area contributed by atoms with E-state index < -0.39 is 0 Å². The van der Waals surface area contributed by atoms with E-state index in [0.717, 1.165) is 19.3 Å². The first kappa shape index (κ1) is 9.97. The van der Waals surface area contributed by atoms with Gasteiger partial charge in [-0.25, -0.2) is 0 Å². The van der Waals surface area contributed by atoms with Crippen LogP contribution < -0.4 is 11.1 Å². The highest BCUT2D eigenvalue weighted by Gasteiger charge is 2.42. The summed E-state index contributed by atoms with van der Waals surface area (Å²) in [5, 5.41) is 3.09. The number of fused-ring (bicyclic) bond motifs is 1. The lowest BCUT2D eigenvalue weighted by atomic mass is 9.65. The molecule has 0 unspecified atom stereocenters. The number of carbonyl (C=O) groups is 1. The van der Waals surface area contributed by atoms with Crippen molar-refractivity contribution in [3.05, 3.63) is 0 Å². The largest absolute Gasteiger partial charge is 0.353 e. The molecular formula is C11H20N2O. The van der Waals surface area contributed by atoms with E-state index in [-0.39, 0.29) is 17.4 Å². The summed E-state index contributed by atoms with van der Waals surface area (Å²) >= 11 is 0. The minimum atomic E-state index is 0.205. The molecule has 1 saturated heterocycles. The van der Waals surface area contributed by atoms with Crippen LogP contribution in [0.3, 0.4) is 0 Å². The summed E-state index contributed by atoms with van der Waals surface area (Å²) in [6.07, 6.45) is 3.81. The van der Waals surface area contributed by atoms with Gasteiger partial charge in [-0.3, -0.25) is 4.79 Å². The van der Waals surface area contributed by atoms with Gasteiger partial charge in [0.1, 0.15) is 0 Å². The zero-order valence-electron chi connectivity index (χ0n) is 9.05. The first-order valence-electron chi connectivity index (χ1n) is 5.53. The van der Waals surface area contributed by atoms with Crippen LogP contribution in [0.4, 0.5) is 0 Å². The van der Waals surface area contributed by atoms with Gasteiger partial charge < -0.3 is 11.1 Å². The predicted molar refractivity (Wildman–Crippen MR) is 55.6 cm³/mol. The Morgan fingerprint density at radius 2 is 2.14 bits per heavy atom. The monoisotopic (exact) mass is 196 g/mol. The fraction of sp³-hybridized carbons (Fsp3) is 0.909. The second kappa shape index (κ2) is 3.23. The van der Waals surface area contributed by atoms with Crippen LogP contribution in [-0.4, -0.2) is 18.0 Å². The molecule has 3 atom stereocenters. The number of amides is 1. The second-order valence-electron chi connectivity index (χ2n) is 5.61. The maximum atomic E-state index is 11.3. The predicted octanol–water partition coefficient (Wildman–Crippen LogP) is 1.03. The van der Waals surface area contributed by atoms with Gasteiger partial charge in [0.05, 0.1) is 0 Å². The van der Waals surface area contributed by atoms with Crippen molar-refractivity contribution in [1.82, 2.24) is 5.32 Å².